The molecule has 2 heterocycles. The Morgan fingerprint density at radius 2 is 2.42 bits per heavy atom. The first kappa shape index (κ1) is 14.2. The van der Waals surface area contributed by atoms with Gasteiger partial charge in [-0.1, -0.05) is 23.8 Å². The second-order valence-corrected chi connectivity index (χ2v) is 5.38. The van der Waals surface area contributed by atoms with E-state index in [9.17, 15) is 0 Å². The Morgan fingerprint density at radius 1 is 1.63 bits per heavy atom. The molecule has 1 fully saturated rings. The number of hydrogen-bond acceptors (Lipinski definition) is 4. The number of ether oxygens (including phenoxy) is 1. The first-order valence-corrected chi connectivity index (χ1v) is 6.86. The molecule has 104 valence electrons. The molecule has 0 aromatic carbocycles. The van der Waals surface area contributed by atoms with Gasteiger partial charge in [-0.3, -0.25) is 0 Å². The molecule has 19 heavy (non-hydrogen) atoms. The van der Waals surface area contributed by atoms with E-state index in [2.05, 4.69) is 28.7 Å². The average Bonchev–Trinajstić information content (AvgIpc) is 2.76. The maximum atomic E-state index is 6.09. The first-order valence-electron chi connectivity index (χ1n) is 6.48. The van der Waals surface area contributed by atoms with E-state index in [1.807, 2.05) is 19.1 Å². The van der Waals surface area contributed by atoms with Crippen molar-refractivity contribution in [3.05, 3.63) is 35.0 Å². The Labute approximate surface area is 119 Å². The van der Waals surface area contributed by atoms with Gasteiger partial charge in [-0.25, -0.2) is 0 Å². The summed E-state index contributed by atoms with van der Waals surface area (Å²) in [7, 11) is 0. The number of piperazine rings is 1. The number of rotatable bonds is 2. The zero-order valence-electron chi connectivity index (χ0n) is 11.4. The molecule has 0 unspecified atom stereocenters. The van der Waals surface area contributed by atoms with Crippen LogP contribution in [0.25, 0.3) is 0 Å². The van der Waals surface area contributed by atoms with E-state index >= 15 is 0 Å². The Balaban J connectivity index is 2.07. The van der Waals surface area contributed by atoms with Crippen LogP contribution in [-0.4, -0.2) is 43.2 Å². The molecule has 0 spiro atoms. The maximum Gasteiger partial charge on any atom is 0.293 e. The van der Waals surface area contributed by atoms with E-state index < -0.39 is 0 Å². The quantitative estimate of drug-likeness (QED) is 0.789. The van der Waals surface area contributed by atoms with Crippen molar-refractivity contribution in [3.63, 3.8) is 0 Å². The predicted octanol–water partition coefficient (Wildman–Crippen LogP) is 2.25. The standard InChI is InChI=1S/C14H20ClN3O/c1-10(2)6-12(15)7-13-9-19-14(17-13)18-5-4-16-8-11(18)3/h6-7,11,16H,1,4-5,8-9H2,2-3H3/b12-6+,13-7+/t11-/m0/s1. The van der Waals surface area contributed by atoms with Crippen LogP contribution in [0, 0.1) is 0 Å². The zero-order chi connectivity index (χ0) is 13.8. The molecule has 0 bridgehead atoms. The van der Waals surface area contributed by atoms with Gasteiger partial charge in [-0.15, -0.1) is 0 Å². The highest BCUT2D eigenvalue weighted by molar-refractivity contribution is 6.31. The lowest BCUT2D eigenvalue weighted by Crippen LogP contribution is -2.52. The van der Waals surface area contributed by atoms with Crippen molar-refractivity contribution in [3.8, 4) is 0 Å². The van der Waals surface area contributed by atoms with Crippen LogP contribution in [0.4, 0.5) is 0 Å². The molecule has 0 aliphatic carbocycles. The number of nitrogens with one attached hydrogen (secondary N) is 1. The van der Waals surface area contributed by atoms with Crippen LogP contribution in [0.5, 0.6) is 0 Å². The summed E-state index contributed by atoms with van der Waals surface area (Å²) in [6.07, 6.45) is 3.64. The van der Waals surface area contributed by atoms with Crippen LogP contribution < -0.4 is 5.32 Å². The van der Waals surface area contributed by atoms with Gasteiger partial charge in [0.2, 0.25) is 0 Å². The number of amidine groups is 1. The van der Waals surface area contributed by atoms with Gasteiger partial charge in [0.05, 0.1) is 5.70 Å². The molecule has 1 N–H and O–H groups in total. The molecule has 2 aliphatic heterocycles. The van der Waals surface area contributed by atoms with E-state index in [0.29, 0.717) is 23.7 Å². The largest absolute Gasteiger partial charge is 0.458 e. The van der Waals surface area contributed by atoms with E-state index in [1.54, 1.807) is 0 Å². The Hall–Kier alpha value is -1.26. The first-order chi connectivity index (χ1) is 9.06. The van der Waals surface area contributed by atoms with Crippen LogP contribution in [0.15, 0.2) is 40.0 Å². The van der Waals surface area contributed by atoms with Crippen molar-refractivity contribution in [2.45, 2.75) is 19.9 Å². The fourth-order valence-corrected chi connectivity index (χ4v) is 2.42. The zero-order valence-corrected chi connectivity index (χ0v) is 12.2. The topological polar surface area (TPSA) is 36.9 Å². The second-order valence-electron chi connectivity index (χ2n) is 4.94. The van der Waals surface area contributed by atoms with Crippen molar-refractivity contribution in [2.75, 3.05) is 26.2 Å². The fourth-order valence-electron chi connectivity index (χ4n) is 2.11. The van der Waals surface area contributed by atoms with E-state index in [1.165, 1.54) is 0 Å². The van der Waals surface area contributed by atoms with Crippen LogP contribution in [0.2, 0.25) is 0 Å². The molecule has 0 aromatic rings. The molecule has 4 nitrogen and oxygen atoms in total. The summed E-state index contributed by atoms with van der Waals surface area (Å²) in [6, 6.07) is 1.10. The van der Waals surface area contributed by atoms with E-state index in [4.69, 9.17) is 16.3 Å². The number of hydrogen-bond donors (Lipinski definition) is 1. The van der Waals surface area contributed by atoms with Gasteiger partial charge in [-0.05, 0) is 26.0 Å². The highest BCUT2D eigenvalue weighted by Crippen LogP contribution is 2.18. The predicted molar refractivity (Wildman–Crippen MR) is 79.3 cm³/mol. The highest BCUT2D eigenvalue weighted by Gasteiger charge is 2.26. The van der Waals surface area contributed by atoms with Crippen LogP contribution >= 0.6 is 11.6 Å². The highest BCUT2D eigenvalue weighted by atomic mass is 35.5. The lowest BCUT2D eigenvalue weighted by Gasteiger charge is -2.34. The minimum absolute atomic E-state index is 0.397. The van der Waals surface area contributed by atoms with E-state index in [-0.39, 0.29) is 0 Å². The van der Waals surface area contributed by atoms with Crippen molar-refractivity contribution >= 4 is 17.6 Å². The minimum atomic E-state index is 0.397. The molecule has 1 atom stereocenters. The van der Waals surface area contributed by atoms with Crippen molar-refractivity contribution in [1.29, 1.82) is 0 Å². The van der Waals surface area contributed by atoms with Gasteiger partial charge >= 0.3 is 0 Å². The van der Waals surface area contributed by atoms with Gasteiger partial charge in [0.1, 0.15) is 6.61 Å². The Kier molecular flexibility index (Phi) is 4.66. The summed E-state index contributed by atoms with van der Waals surface area (Å²) in [4.78, 5) is 6.70. The summed E-state index contributed by atoms with van der Waals surface area (Å²) in [5.41, 5.74) is 1.77. The molecule has 1 saturated heterocycles. The average molecular weight is 282 g/mol. The molecule has 0 saturated carbocycles. The molecule has 5 heteroatoms. The van der Waals surface area contributed by atoms with Crippen LogP contribution in [0.1, 0.15) is 13.8 Å². The van der Waals surface area contributed by atoms with Crippen molar-refractivity contribution in [1.82, 2.24) is 10.2 Å². The summed E-state index contributed by atoms with van der Waals surface area (Å²) >= 11 is 6.09. The Morgan fingerprint density at radius 3 is 3.11 bits per heavy atom. The summed E-state index contributed by atoms with van der Waals surface area (Å²) in [5, 5.41) is 3.98. The van der Waals surface area contributed by atoms with Gasteiger partial charge in [-0.2, -0.15) is 4.99 Å². The molecule has 2 aliphatic rings. The van der Waals surface area contributed by atoms with Crippen molar-refractivity contribution < 1.29 is 4.74 Å². The third-order valence-electron chi connectivity index (χ3n) is 3.02. The smallest absolute Gasteiger partial charge is 0.293 e. The minimum Gasteiger partial charge on any atom is -0.458 e. The van der Waals surface area contributed by atoms with Crippen molar-refractivity contribution in [2.24, 2.45) is 4.99 Å². The number of nitrogens with zero attached hydrogens (tertiary/aromatic N) is 2. The molecule has 0 radical (unpaired) electrons. The fraction of sp³-hybridized carbons (Fsp3) is 0.500. The lowest BCUT2D eigenvalue weighted by atomic mass is 10.2. The van der Waals surface area contributed by atoms with Gasteiger partial charge < -0.3 is 15.0 Å². The second kappa shape index (κ2) is 6.26. The SMILES string of the molecule is C=C(C)/C=C(Cl)\C=C1/COC(N2CCNC[C@@H]2C)=N1. The van der Waals surface area contributed by atoms with Gasteiger partial charge in [0, 0.05) is 30.7 Å². The third-order valence-corrected chi connectivity index (χ3v) is 3.24. The summed E-state index contributed by atoms with van der Waals surface area (Å²) in [5.74, 6) is 0. The number of aliphatic imine (C=N–C) groups is 1. The maximum absolute atomic E-state index is 6.09. The number of halogens is 1. The molecular weight excluding hydrogens is 262 g/mol. The number of allylic oxidation sites excluding steroid dienone is 4. The van der Waals surface area contributed by atoms with Gasteiger partial charge in [0.15, 0.2) is 0 Å². The molecule has 0 aromatic heterocycles. The van der Waals surface area contributed by atoms with E-state index in [0.717, 1.165) is 30.9 Å². The Bertz CT molecular complexity index is 454. The summed E-state index contributed by atoms with van der Waals surface area (Å²) in [6.45, 7) is 11.2. The van der Waals surface area contributed by atoms with Crippen LogP contribution in [-0.2, 0) is 4.74 Å². The lowest BCUT2D eigenvalue weighted by molar-refractivity contribution is 0.206. The summed E-state index contributed by atoms with van der Waals surface area (Å²) < 4.78 is 5.65. The van der Waals surface area contributed by atoms with Gasteiger partial charge in [0.25, 0.3) is 6.02 Å². The normalized spacial score (nSPS) is 26.4. The molecular formula is C14H20ClN3O. The molecule has 0 amide bonds. The monoisotopic (exact) mass is 281 g/mol. The third kappa shape index (κ3) is 3.85. The molecule has 2 rings (SSSR count). The van der Waals surface area contributed by atoms with Crippen LogP contribution in [0.3, 0.4) is 0 Å².